The van der Waals surface area contributed by atoms with Crippen LogP contribution in [0.5, 0.6) is 0 Å². The number of nitrogens with one attached hydrogen (secondary N) is 1. The number of pyridine rings is 1. The van der Waals surface area contributed by atoms with Crippen LogP contribution in [0.2, 0.25) is 0 Å². The van der Waals surface area contributed by atoms with E-state index in [1.807, 2.05) is 35.2 Å². The Morgan fingerprint density at radius 1 is 1.21 bits per heavy atom. The number of carbonyl (C=O) groups excluding carboxylic acids is 2. The van der Waals surface area contributed by atoms with Gasteiger partial charge in [0.05, 0.1) is 11.2 Å². The summed E-state index contributed by atoms with van der Waals surface area (Å²) in [6, 6.07) is 9.87. The number of fused-ring (bicyclic) bond motifs is 1. The molecule has 0 radical (unpaired) electrons. The van der Waals surface area contributed by atoms with Gasteiger partial charge in [-0.3, -0.25) is 14.6 Å². The Bertz CT molecular complexity index is 733. The number of benzene rings is 1. The fourth-order valence-electron chi connectivity index (χ4n) is 3.45. The molecule has 0 unspecified atom stereocenters. The number of nitrogens with zero attached hydrogens (tertiary/aromatic N) is 2. The molecule has 1 N–H and O–H groups in total. The first-order valence-electron chi connectivity index (χ1n) is 8.56. The minimum atomic E-state index is -0.0857. The molecule has 1 aromatic carbocycles. The molecule has 0 atom stereocenters. The molecule has 1 aliphatic carbocycles. The minimum Gasteiger partial charge on any atom is -0.339 e. The number of carbonyl (C=O) groups is 2. The Morgan fingerprint density at radius 3 is 2.71 bits per heavy atom. The van der Waals surface area contributed by atoms with Crippen molar-refractivity contribution in [1.82, 2.24) is 9.88 Å². The molecule has 5 heteroatoms. The molecule has 2 amide bonds. The summed E-state index contributed by atoms with van der Waals surface area (Å²) in [6.07, 6.45) is 6.46. The van der Waals surface area contributed by atoms with Crippen LogP contribution < -0.4 is 5.32 Å². The molecule has 0 bridgehead atoms. The first-order valence-corrected chi connectivity index (χ1v) is 8.56. The van der Waals surface area contributed by atoms with Crippen LogP contribution in [0.15, 0.2) is 36.5 Å². The van der Waals surface area contributed by atoms with Crippen LogP contribution in [0.1, 0.15) is 39.0 Å². The molecular formula is C19H23N3O2. The Kier molecular flexibility index (Phi) is 5.08. The second-order valence-electron chi connectivity index (χ2n) is 6.33. The van der Waals surface area contributed by atoms with Crippen molar-refractivity contribution in [3.63, 3.8) is 0 Å². The van der Waals surface area contributed by atoms with E-state index in [1.54, 1.807) is 13.1 Å². The number of aromatic nitrogens is 1. The zero-order valence-corrected chi connectivity index (χ0v) is 14.0. The minimum absolute atomic E-state index is 0.0570. The Balaban J connectivity index is 1.63. The van der Waals surface area contributed by atoms with Gasteiger partial charge in [0.2, 0.25) is 11.8 Å². The summed E-state index contributed by atoms with van der Waals surface area (Å²) in [4.78, 5) is 30.4. The average Bonchev–Trinajstić information content (AvgIpc) is 3.09. The van der Waals surface area contributed by atoms with E-state index in [1.165, 1.54) is 12.8 Å². The first-order chi connectivity index (χ1) is 11.6. The highest BCUT2D eigenvalue weighted by Crippen LogP contribution is 2.24. The monoisotopic (exact) mass is 325 g/mol. The van der Waals surface area contributed by atoms with E-state index in [-0.39, 0.29) is 11.8 Å². The molecule has 5 nitrogen and oxygen atoms in total. The molecule has 1 aliphatic rings. The highest BCUT2D eigenvalue weighted by atomic mass is 16.2. The molecular weight excluding hydrogens is 302 g/mol. The number of para-hydroxylation sites is 1. The summed E-state index contributed by atoms with van der Waals surface area (Å²) >= 11 is 0. The van der Waals surface area contributed by atoms with Gasteiger partial charge < -0.3 is 10.2 Å². The summed E-state index contributed by atoms with van der Waals surface area (Å²) in [5.41, 5.74) is 1.50. The number of amides is 2. The zero-order valence-electron chi connectivity index (χ0n) is 14.0. The highest BCUT2D eigenvalue weighted by molar-refractivity contribution is 6.00. The lowest BCUT2D eigenvalue weighted by Gasteiger charge is -2.27. The second kappa shape index (κ2) is 7.43. The topological polar surface area (TPSA) is 62.3 Å². The van der Waals surface area contributed by atoms with E-state index >= 15 is 0 Å². The first kappa shape index (κ1) is 16.4. The van der Waals surface area contributed by atoms with Crippen molar-refractivity contribution in [3.8, 4) is 0 Å². The molecule has 3 rings (SSSR count). The third kappa shape index (κ3) is 3.72. The largest absolute Gasteiger partial charge is 0.339 e. The van der Waals surface area contributed by atoms with E-state index in [9.17, 15) is 9.59 Å². The average molecular weight is 325 g/mol. The Hall–Kier alpha value is -2.43. The fraction of sp³-hybridized carbons (Fsp3) is 0.421. The number of hydrogen-bond donors (Lipinski definition) is 1. The van der Waals surface area contributed by atoms with E-state index < -0.39 is 0 Å². The molecule has 2 aromatic rings. The van der Waals surface area contributed by atoms with Gasteiger partial charge in [-0.1, -0.05) is 31.0 Å². The van der Waals surface area contributed by atoms with Crippen LogP contribution >= 0.6 is 0 Å². The van der Waals surface area contributed by atoms with Gasteiger partial charge in [0.25, 0.3) is 0 Å². The molecule has 0 saturated heterocycles. The third-order valence-electron chi connectivity index (χ3n) is 4.66. The fourth-order valence-corrected chi connectivity index (χ4v) is 3.45. The van der Waals surface area contributed by atoms with Gasteiger partial charge in [-0.15, -0.1) is 0 Å². The van der Waals surface area contributed by atoms with Crippen molar-refractivity contribution < 1.29 is 9.59 Å². The standard InChI is InChI=1S/C19H23N3O2/c1-14(23)22(16-8-2-3-9-16)13-11-18(24)21-17-10-4-6-15-7-5-12-20-19(15)17/h4-7,10,12,16H,2-3,8-9,11,13H2,1H3,(H,21,24). The van der Waals surface area contributed by atoms with E-state index in [4.69, 9.17) is 0 Å². The van der Waals surface area contributed by atoms with Crippen molar-refractivity contribution >= 4 is 28.4 Å². The summed E-state index contributed by atoms with van der Waals surface area (Å²) in [6.45, 7) is 2.06. The normalized spacial score (nSPS) is 14.7. The molecule has 1 fully saturated rings. The van der Waals surface area contributed by atoms with Gasteiger partial charge in [0, 0.05) is 37.5 Å². The summed E-state index contributed by atoms with van der Waals surface area (Å²) in [7, 11) is 0. The van der Waals surface area contributed by atoms with Gasteiger partial charge in [-0.25, -0.2) is 0 Å². The molecule has 1 aromatic heterocycles. The predicted octanol–water partition coefficient (Wildman–Crippen LogP) is 3.35. The summed E-state index contributed by atoms with van der Waals surface area (Å²) in [5, 5.41) is 3.92. The predicted molar refractivity (Wildman–Crippen MR) is 94.6 cm³/mol. The van der Waals surface area contributed by atoms with Gasteiger partial charge in [0.1, 0.15) is 0 Å². The lowest BCUT2D eigenvalue weighted by atomic mass is 10.2. The van der Waals surface area contributed by atoms with Crippen molar-refractivity contribution in [2.24, 2.45) is 0 Å². The van der Waals surface area contributed by atoms with E-state index in [2.05, 4.69) is 10.3 Å². The van der Waals surface area contributed by atoms with Crippen LogP contribution in [0.3, 0.4) is 0 Å². The number of hydrogen-bond acceptors (Lipinski definition) is 3. The molecule has 1 saturated carbocycles. The van der Waals surface area contributed by atoms with Gasteiger partial charge in [-0.05, 0) is 25.0 Å². The maximum Gasteiger partial charge on any atom is 0.226 e. The maximum atomic E-state index is 12.3. The van der Waals surface area contributed by atoms with Crippen molar-refractivity contribution in [2.75, 3.05) is 11.9 Å². The SMILES string of the molecule is CC(=O)N(CCC(=O)Nc1cccc2cccnc12)C1CCCC1. The van der Waals surface area contributed by atoms with Crippen LogP contribution in [0.4, 0.5) is 5.69 Å². The van der Waals surface area contributed by atoms with Crippen LogP contribution in [-0.4, -0.2) is 34.3 Å². The second-order valence-corrected chi connectivity index (χ2v) is 6.33. The Morgan fingerprint density at radius 2 is 1.96 bits per heavy atom. The molecule has 0 spiro atoms. The van der Waals surface area contributed by atoms with Gasteiger partial charge >= 0.3 is 0 Å². The van der Waals surface area contributed by atoms with Crippen LogP contribution in [0.25, 0.3) is 10.9 Å². The van der Waals surface area contributed by atoms with E-state index in [0.29, 0.717) is 24.7 Å². The van der Waals surface area contributed by atoms with Gasteiger partial charge in [-0.2, -0.15) is 0 Å². The maximum absolute atomic E-state index is 12.3. The highest BCUT2D eigenvalue weighted by Gasteiger charge is 2.24. The number of anilines is 1. The summed E-state index contributed by atoms with van der Waals surface area (Å²) < 4.78 is 0. The smallest absolute Gasteiger partial charge is 0.226 e. The van der Waals surface area contributed by atoms with Crippen molar-refractivity contribution in [3.05, 3.63) is 36.5 Å². The van der Waals surface area contributed by atoms with Gasteiger partial charge in [0.15, 0.2) is 0 Å². The molecule has 24 heavy (non-hydrogen) atoms. The van der Waals surface area contributed by atoms with Crippen molar-refractivity contribution in [2.45, 2.75) is 45.1 Å². The quantitative estimate of drug-likeness (QED) is 0.917. The molecule has 1 heterocycles. The lowest BCUT2D eigenvalue weighted by Crippen LogP contribution is -2.39. The van der Waals surface area contributed by atoms with Crippen molar-refractivity contribution in [1.29, 1.82) is 0 Å². The zero-order chi connectivity index (χ0) is 16.9. The molecule has 0 aliphatic heterocycles. The lowest BCUT2D eigenvalue weighted by molar-refractivity contribution is -0.131. The Labute approximate surface area is 142 Å². The number of rotatable bonds is 5. The van der Waals surface area contributed by atoms with Crippen LogP contribution in [0, 0.1) is 0 Å². The van der Waals surface area contributed by atoms with E-state index in [0.717, 1.165) is 23.7 Å². The van der Waals surface area contributed by atoms with Crippen LogP contribution in [-0.2, 0) is 9.59 Å². The molecule has 126 valence electrons. The third-order valence-corrected chi connectivity index (χ3v) is 4.66. The summed E-state index contributed by atoms with van der Waals surface area (Å²) in [5.74, 6) is -0.0288.